The van der Waals surface area contributed by atoms with Crippen LogP contribution in [0.25, 0.3) is 0 Å². The third-order valence-corrected chi connectivity index (χ3v) is 8.29. The molecule has 2 heterocycles. The van der Waals surface area contributed by atoms with Crippen LogP contribution in [-0.2, 0) is 24.2 Å². The minimum absolute atomic E-state index is 0.181. The van der Waals surface area contributed by atoms with Crippen LogP contribution in [-0.4, -0.2) is 71.1 Å². The number of nitrogens with zero attached hydrogens (tertiary/aromatic N) is 1. The highest BCUT2D eigenvalue weighted by atomic mass is 32.2. The van der Waals surface area contributed by atoms with Crippen molar-refractivity contribution in [1.82, 2.24) is 15.5 Å². The number of aryl methyl sites for hydroxylation is 1. The Bertz CT molecular complexity index is 969. The SMILES string of the molecule is Cc1ccc(S(=O)(=O)C(CNC(=O)C(=O)NCCN2CCOCC2)c2cccs2)cc1. The molecule has 0 saturated carbocycles. The Kier molecular flexibility index (Phi) is 8.19. The van der Waals surface area contributed by atoms with E-state index in [9.17, 15) is 18.0 Å². The third-order valence-electron chi connectivity index (χ3n) is 5.06. The Hall–Kier alpha value is -2.27. The summed E-state index contributed by atoms with van der Waals surface area (Å²) in [6.45, 7) is 5.56. The van der Waals surface area contributed by atoms with Gasteiger partial charge in [-0.1, -0.05) is 23.8 Å². The molecule has 0 bridgehead atoms. The molecule has 0 aliphatic carbocycles. The molecule has 3 rings (SSSR count). The van der Waals surface area contributed by atoms with Crippen LogP contribution in [0.5, 0.6) is 0 Å². The van der Waals surface area contributed by atoms with Crippen molar-refractivity contribution in [3.05, 3.63) is 52.2 Å². The summed E-state index contributed by atoms with van der Waals surface area (Å²) in [5, 5.41) is 5.89. The standard InChI is InChI=1S/C21H27N3O5S2/c1-16-4-6-17(7-5-16)31(27,28)19(18-3-2-14-30-18)15-23-21(26)20(25)22-8-9-24-10-12-29-13-11-24/h2-7,14,19H,8-13,15H2,1H3,(H,22,25)(H,23,26). The molecule has 1 aromatic heterocycles. The number of thiophene rings is 1. The van der Waals surface area contributed by atoms with Gasteiger partial charge in [-0.25, -0.2) is 8.42 Å². The van der Waals surface area contributed by atoms with E-state index < -0.39 is 26.9 Å². The fraction of sp³-hybridized carbons (Fsp3) is 0.429. The van der Waals surface area contributed by atoms with E-state index in [2.05, 4.69) is 15.5 Å². The first-order chi connectivity index (χ1) is 14.9. The molecule has 31 heavy (non-hydrogen) atoms. The lowest BCUT2D eigenvalue weighted by molar-refractivity contribution is -0.139. The second-order valence-corrected chi connectivity index (χ2v) is 10.4. The fourth-order valence-corrected chi connectivity index (χ4v) is 6.01. The highest BCUT2D eigenvalue weighted by molar-refractivity contribution is 7.91. The van der Waals surface area contributed by atoms with E-state index in [1.54, 1.807) is 41.8 Å². The zero-order chi connectivity index (χ0) is 22.3. The van der Waals surface area contributed by atoms with Gasteiger partial charge in [-0.3, -0.25) is 14.5 Å². The largest absolute Gasteiger partial charge is 0.379 e. The summed E-state index contributed by atoms with van der Waals surface area (Å²) < 4.78 is 31.7. The van der Waals surface area contributed by atoms with Crippen LogP contribution in [0.4, 0.5) is 0 Å². The lowest BCUT2D eigenvalue weighted by atomic mass is 10.2. The Labute approximate surface area is 186 Å². The molecule has 1 aliphatic rings. The lowest BCUT2D eigenvalue weighted by Gasteiger charge is -2.26. The molecule has 1 atom stereocenters. The average molecular weight is 466 g/mol. The van der Waals surface area contributed by atoms with Crippen molar-refractivity contribution in [2.24, 2.45) is 0 Å². The summed E-state index contributed by atoms with van der Waals surface area (Å²) in [6, 6.07) is 10.1. The highest BCUT2D eigenvalue weighted by Gasteiger charge is 2.31. The molecule has 1 unspecified atom stereocenters. The van der Waals surface area contributed by atoms with E-state index in [-0.39, 0.29) is 11.4 Å². The maximum Gasteiger partial charge on any atom is 0.309 e. The van der Waals surface area contributed by atoms with Gasteiger partial charge >= 0.3 is 11.8 Å². The average Bonchev–Trinajstić information content (AvgIpc) is 3.29. The van der Waals surface area contributed by atoms with E-state index in [1.165, 1.54) is 11.3 Å². The first-order valence-electron chi connectivity index (χ1n) is 10.1. The monoisotopic (exact) mass is 465 g/mol. The molecule has 0 radical (unpaired) electrons. The maximum absolute atomic E-state index is 13.2. The van der Waals surface area contributed by atoms with E-state index >= 15 is 0 Å². The number of hydrogen-bond donors (Lipinski definition) is 2. The fourth-order valence-electron chi connectivity index (χ4n) is 3.23. The van der Waals surface area contributed by atoms with Crippen molar-refractivity contribution in [2.45, 2.75) is 17.1 Å². The molecule has 0 spiro atoms. The summed E-state index contributed by atoms with van der Waals surface area (Å²) >= 11 is 1.30. The van der Waals surface area contributed by atoms with Crippen LogP contribution in [0.1, 0.15) is 15.7 Å². The second-order valence-electron chi connectivity index (χ2n) is 7.28. The van der Waals surface area contributed by atoms with E-state index in [0.29, 0.717) is 31.2 Å². The molecule has 2 amide bonds. The molecule has 1 saturated heterocycles. The van der Waals surface area contributed by atoms with Gasteiger partial charge in [0.25, 0.3) is 0 Å². The third kappa shape index (κ3) is 6.36. The minimum Gasteiger partial charge on any atom is -0.379 e. The number of morpholine rings is 1. The predicted molar refractivity (Wildman–Crippen MR) is 119 cm³/mol. The van der Waals surface area contributed by atoms with Crippen LogP contribution < -0.4 is 10.6 Å². The minimum atomic E-state index is -3.75. The zero-order valence-electron chi connectivity index (χ0n) is 17.4. The van der Waals surface area contributed by atoms with Crippen molar-refractivity contribution in [2.75, 3.05) is 45.9 Å². The van der Waals surface area contributed by atoms with Crippen LogP contribution in [0.15, 0.2) is 46.7 Å². The Balaban J connectivity index is 1.59. The van der Waals surface area contributed by atoms with E-state index in [4.69, 9.17) is 4.74 Å². The van der Waals surface area contributed by atoms with Gasteiger partial charge < -0.3 is 15.4 Å². The zero-order valence-corrected chi connectivity index (χ0v) is 19.0. The normalized spacial score (nSPS) is 15.9. The summed E-state index contributed by atoms with van der Waals surface area (Å²) in [7, 11) is -3.75. The molecule has 168 valence electrons. The Morgan fingerprint density at radius 3 is 2.42 bits per heavy atom. The van der Waals surface area contributed by atoms with Gasteiger partial charge in [-0.05, 0) is 30.5 Å². The van der Waals surface area contributed by atoms with Crippen LogP contribution in [0.2, 0.25) is 0 Å². The number of hydrogen-bond acceptors (Lipinski definition) is 7. The topological polar surface area (TPSA) is 105 Å². The number of sulfone groups is 1. The van der Waals surface area contributed by atoms with Crippen LogP contribution >= 0.6 is 11.3 Å². The molecular formula is C21H27N3O5S2. The number of nitrogens with one attached hydrogen (secondary N) is 2. The van der Waals surface area contributed by atoms with Crippen LogP contribution in [0, 0.1) is 6.92 Å². The Morgan fingerprint density at radius 2 is 1.77 bits per heavy atom. The molecule has 2 aromatic rings. The van der Waals surface area contributed by atoms with Gasteiger partial charge in [-0.15, -0.1) is 11.3 Å². The number of rotatable bonds is 8. The maximum atomic E-state index is 13.2. The van der Waals surface area contributed by atoms with Gasteiger partial charge in [0.1, 0.15) is 5.25 Å². The van der Waals surface area contributed by atoms with Gasteiger partial charge in [0, 0.05) is 37.6 Å². The number of carbonyl (C=O) groups is 2. The molecular weight excluding hydrogens is 438 g/mol. The Morgan fingerprint density at radius 1 is 1.10 bits per heavy atom. The summed E-state index contributed by atoms with van der Waals surface area (Å²) in [5.41, 5.74) is 0.952. The second kappa shape index (κ2) is 10.9. The molecule has 1 fully saturated rings. The first kappa shape index (κ1) is 23.4. The lowest BCUT2D eigenvalue weighted by Crippen LogP contribution is -2.46. The highest BCUT2D eigenvalue weighted by Crippen LogP contribution is 2.31. The van der Waals surface area contributed by atoms with Gasteiger partial charge in [-0.2, -0.15) is 0 Å². The first-order valence-corrected chi connectivity index (χ1v) is 12.5. The number of ether oxygens (including phenoxy) is 1. The molecule has 10 heteroatoms. The van der Waals surface area contributed by atoms with E-state index in [0.717, 1.165) is 18.7 Å². The van der Waals surface area contributed by atoms with Gasteiger partial charge in [0.2, 0.25) is 0 Å². The quantitative estimate of drug-likeness (QED) is 0.567. The van der Waals surface area contributed by atoms with Crippen LogP contribution in [0.3, 0.4) is 0 Å². The number of benzene rings is 1. The van der Waals surface area contributed by atoms with Crippen molar-refractivity contribution in [1.29, 1.82) is 0 Å². The predicted octanol–water partition coefficient (Wildman–Crippen LogP) is 1.14. The molecule has 8 nitrogen and oxygen atoms in total. The van der Waals surface area contributed by atoms with Crippen molar-refractivity contribution in [3.8, 4) is 0 Å². The van der Waals surface area contributed by atoms with Gasteiger partial charge in [0.05, 0.1) is 18.1 Å². The van der Waals surface area contributed by atoms with Crippen molar-refractivity contribution >= 4 is 33.0 Å². The summed E-state index contributed by atoms with van der Waals surface area (Å²) in [5.74, 6) is -1.62. The van der Waals surface area contributed by atoms with Crippen molar-refractivity contribution < 1.29 is 22.7 Å². The number of amides is 2. The van der Waals surface area contributed by atoms with Gasteiger partial charge in [0.15, 0.2) is 9.84 Å². The summed E-state index contributed by atoms with van der Waals surface area (Å²) in [4.78, 5) is 27.3. The molecule has 1 aliphatic heterocycles. The number of carbonyl (C=O) groups excluding carboxylic acids is 2. The molecule has 2 N–H and O–H groups in total. The summed E-state index contributed by atoms with van der Waals surface area (Å²) in [6.07, 6.45) is 0. The molecule has 1 aromatic carbocycles. The van der Waals surface area contributed by atoms with Crippen molar-refractivity contribution in [3.63, 3.8) is 0 Å². The van der Waals surface area contributed by atoms with E-state index in [1.807, 2.05) is 6.92 Å². The smallest absolute Gasteiger partial charge is 0.309 e.